The van der Waals surface area contributed by atoms with Crippen molar-refractivity contribution >= 4 is 6.09 Å². The van der Waals surface area contributed by atoms with Crippen LogP contribution in [0.15, 0.2) is 48.5 Å². The molecule has 178 valence electrons. The molecule has 1 unspecified atom stereocenters. The Morgan fingerprint density at radius 3 is 2.45 bits per heavy atom. The number of piperidine rings is 1. The lowest BCUT2D eigenvalue weighted by atomic mass is 9.91. The molecule has 0 aromatic heterocycles. The summed E-state index contributed by atoms with van der Waals surface area (Å²) in [7, 11) is 1.66. The highest BCUT2D eigenvalue weighted by atomic mass is 16.6. The zero-order valence-electron chi connectivity index (χ0n) is 20.0. The molecule has 1 N–H and O–H groups in total. The number of amides is 1. The number of fused-ring (bicyclic) bond motifs is 4. The van der Waals surface area contributed by atoms with Gasteiger partial charge in [-0.3, -0.25) is 0 Å². The van der Waals surface area contributed by atoms with Gasteiger partial charge in [-0.25, -0.2) is 4.79 Å². The Labute approximate surface area is 197 Å². The number of alkyl carbamates (subject to hydrolysis) is 1. The van der Waals surface area contributed by atoms with E-state index in [1.165, 1.54) is 0 Å². The van der Waals surface area contributed by atoms with Crippen molar-refractivity contribution in [3.63, 3.8) is 0 Å². The summed E-state index contributed by atoms with van der Waals surface area (Å²) in [5, 5.41) is 3.11. The van der Waals surface area contributed by atoms with Gasteiger partial charge in [0.15, 0.2) is 0 Å². The van der Waals surface area contributed by atoms with Crippen LogP contribution in [0, 0.1) is 5.92 Å². The van der Waals surface area contributed by atoms with Crippen molar-refractivity contribution in [1.29, 1.82) is 0 Å². The summed E-state index contributed by atoms with van der Waals surface area (Å²) in [4.78, 5) is 15.3. The van der Waals surface area contributed by atoms with Gasteiger partial charge in [0.2, 0.25) is 0 Å². The highest BCUT2D eigenvalue weighted by Gasteiger charge is 2.34. The van der Waals surface area contributed by atoms with Crippen LogP contribution in [-0.4, -0.2) is 57.1 Å². The summed E-state index contributed by atoms with van der Waals surface area (Å²) in [6, 6.07) is 16.3. The molecule has 2 bridgehead atoms. The van der Waals surface area contributed by atoms with Crippen molar-refractivity contribution in [3.8, 4) is 16.9 Å². The minimum atomic E-state index is -0.553. The molecule has 0 radical (unpaired) electrons. The lowest BCUT2D eigenvalue weighted by Crippen LogP contribution is -2.43. The van der Waals surface area contributed by atoms with Crippen molar-refractivity contribution in [1.82, 2.24) is 10.2 Å². The summed E-state index contributed by atoms with van der Waals surface area (Å²) in [6.45, 7) is 8.41. The molecular formula is C27H36N2O4. The molecule has 3 aliphatic heterocycles. The summed E-state index contributed by atoms with van der Waals surface area (Å²) in [5.41, 5.74) is 2.67. The van der Waals surface area contributed by atoms with E-state index >= 15 is 0 Å². The summed E-state index contributed by atoms with van der Waals surface area (Å²) >= 11 is 0. The van der Waals surface area contributed by atoms with Crippen molar-refractivity contribution in [3.05, 3.63) is 54.1 Å². The van der Waals surface area contributed by atoms with Gasteiger partial charge in [0.25, 0.3) is 0 Å². The monoisotopic (exact) mass is 452 g/mol. The maximum absolute atomic E-state index is 12.8. The molecular weight excluding hydrogens is 416 g/mol. The Hall–Kier alpha value is -2.57. The lowest BCUT2D eigenvalue weighted by Gasteiger charge is -2.31. The molecule has 0 aliphatic carbocycles. The van der Waals surface area contributed by atoms with Crippen LogP contribution in [-0.2, 0) is 15.0 Å². The maximum atomic E-state index is 12.8. The second kappa shape index (κ2) is 10.6. The number of carbonyl (C=O) groups excluding carboxylic acids is 1. The number of methoxy groups -OCH3 is 1. The van der Waals surface area contributed by atoms with Gasteiger partial charge in [-0.05, 0) is 87.0 Å². The second-order valence-electron chi connectivity index (χ2n) is 9.61. The third-order valence-corrected chi connectivity index (χ3v) is 6.89. The van der Waals surface area contributed by atoms with E-state index in [1.54, 1.807) is 7.11 Å². The largest absolute Gasteiger partial charge is 0.491 e. The molecule has 5 rings (SSSR count). The van der Waals surface area contributed by atoms with Crippen molar-refractivity contribution < 1.29 is 19.0 Å². The molecule has 0 saturated carbocycles. The zero-order valence-corrected chi connectivity index (χ0v) is 20.0. The molecule has 2 aromatic rings. The fourth-order valence-corrected chi connectivity index (χ4v) is 4.82. The average molecular weight is 453 g/mol. The highest BCUT2D eigenvalue weighted by Crippen LogP contribution is 2.31. The number of benzene rings is 2. The lowest BCUT2D eigenvalue weighted by molar-refractivity contribution is 0.0514. The fraction of sp³-hybridized carbons (Fsp3) is 0.519. The van der Waals surface area contributed by atoms with Crippen LogP contribution in [0.3, 0.4) is 0 Å². The first-order valence-corrected chi connectivity index (χ1v) is 12.0. The molecule has 6 nitrogen and oxygen atoms in total. The Balaban J connectivity index is 1.39. The molecule has 1 atom stereocenters. The van der Waals surface area contributed by atoms with Crippen LogP contribution in [0.25, 0.3) is 11.1 Å². The Morgan fingerprint density at radius 2 is 1.73 bits per heavy atom. The highest BCUT2D eigenvalue weighted by molar-refractivity contribution is 5.70. The predicted molar refractivity (Wildman–Crippen MR) is 129 cm³/mol. The third-order valence-electron chi connectivity index (χ3n) is 6.89. The fourth-order valence-electron chi connectivity index (χ4n) is 4.82. The number of ether oxygens (including phenoxy) is 3. The van der Waals surface area contributed by atoms with Gasteiger partial charge < -0.3 is 24.4 Å². The summed E-state index contributed by atoms with van der Waals surface area (Å²) in [5.74, 6) is 1.31. The van der Waals surface area contributed by atoms with Crippen molar-refractivity contribution in [2.24, 2.45) is 5.92 Å². The van der Waals surface area contributed by atoms with Gasteiger partial charge in [-0.2, -0.15) is 0 Å². The van der Waals surface area contributed by atoms with Gasteiger partial charge >= 0.3 is 6.09 Å². The van der Waals surface area contributed by atoms with Gasteiger partial charge in [0.05, 0.1) is 12.1 Å². The van der Waals surface area contributed by atoms with Crippen molar-refractivity contribution in [2.75, 3.05) is 40.0 Å². The summed E-state index contributed by atoms with van der Waals surface area (Å²) in [6.07, 6.45) is 2.87. The first-order chi connectivity index (χ1) is 15.9. The van der Waals surface area contributed by atoms with E-state index < -0.39 is 5.54 Å². The minimum absolute atomic E-state index is 0.0178. The van der Waals surface area contributed by atoms with Crippen LogP contribution in [0.2, 0.25) is 0 Å². The zero-order chi connectivity index (χ0) is 23.3. The number of hydrogen-bond acceptors (Lipinski definition) is 5. The molecule has 2 aromatic carbocycles. The SMILES string of the molecule is COCCOc1ccc(-c2cccc(C(C)(C)NC(=O)OC3CCN4CCC3CC4)c2)cc1. The number of nitrogens with one attached hydrogen (secondary N) is 1. The van der Waals surface area contributed by atoms with Crippen LogP contribution < -0.4 is 10.1 Å². The number of rotatable bonds is 8. The van der Waals surface area contributed by atoms with Crippen molar-refractivity contribution in [2.45, 2.75) is 44.8 Å². The maximum Gasteiger partial charge on any atom is 0.408 e. The van der Waals surface area contributed by atoms with E-state index in [1.807, 2.05) is 50.2 Å². The average Bonchev–Trinajstić information content (AvgIpc) is 3.12. The number of nitrogens with zero attached hydrogens (tertiary/aromatic N) is 1. The standard InChI is InChI=1S/C27H36N2O4/c1-27(2,28-26(30)33-25-13-16-29-14-11-21(25)12-15-29)23-6-4-5-22(19-23)20-7-9-24(10-8-20)32-18-17-31-3/h4-10,19,21,25H,11-18H2,1-3H3,(H,28,30). The molecule has 6 heteroatoms. The van der Waals surface area contributed by atoms with Gasteiger partial charge in [-0.15, -0.1) is 0 Å². The smallest absolute Gasteiger partial charge is 0.408 e. The number of hydrogen-bond donors (Lipinski definition) is 1. The molecule has 1 amide bonds. The van der Waals surface area contributed by atoms with Crippen LogP contribution >= 0.6 is 0 Å². The molecule has 33 heavy (non-hydrogen) atoms. The van der Waals surface area contributed by atoms with Gasteiger partial charge in [-0.1, -0.05) is 30.3 Å². The van der Waals surface area contributed by atoms with E-state index in [4.69, 9.17) is 14.2 Å². The van der Waals surface area contributed by atoms with Gasteiger partial charge in [0, 0.05) is 13.7 Å². The summed E-state index contributed by atoms with van der Waals surface area (Å²) < 4.78 is 16.6. The molecule has 3 fully saturated rings. The van der Waals surface area contributed by atoms with E-state index in [0.717, 1.165) is 61.3 Å². The molecule has 3 saturated heterocycles. The quantitative estimate of drug-likeness (QED) is 0.582. The van der Waals surface area contributed by atoms with Crippen LogP contribution in [0.4, 0.5) is 4.79 Å². The Bertz CT molecular complexity index is 920. The van der Waals surface area contributed by atoms with E-state index in [-0.39, 0.29) is 12.2 Å². The topological polar surface area (TPSA) is 60.0 Å². The Morgan fingerprint density at radius 1 is 1.00 bits per heavy atom. The van der Waals surface area contributed by atoms with E-state index in [2.05, 4.69) is 22.3 Å². The Kier molecular flexibility index (Phi) is 7.56. The van der Waals surface area contributed by atoms with E-state index in [9.17, 15) is 4.79 Å². The first-order valence-electron chi connectivity index (χ1n) is 12.0. The minimum Gasteiger partial charge on any atom is -0.491 e. The predicted octanol–water partition coefficient (Wildman–Crippen LogP) is 4.82. The van der Waals surface area contributed by atoms with E-state index in [0.29, 0.717) is 19.1 Å². The van der Waals surface area contributed by atoms with Crippen LogP contribution in [0.1, 0.15) is 38.7 Å². The second-order valence-corrected chi connectivity index (χ2v) is 9.61. The molecule has 0 spiro atoms. The van der Waals surface area contributed by atoms with Crippen LogP contribution in [0.5, 0.6) is 5.75 Å². The molecule has 3 aliphatic rings. The normalized spacial score (nSPS) is 22.5. The third kappa shape index (κ3) is 6.06. The molecule has 3 heterocycles. The first kappa shape index (κ1) is 23.6. The number of carbonyl (C=O) groups is 1. The van der Waals surface area contributed by atoms with Gasteiger partial charge in [0.1, 0.15) is 18.5 Å².